The SMILES string of the molecule is Cc1nn(Cc2ccc(-c3ccccc3)cc2)c2ccc(C(=O)NC3(c4cccc(C(C)C)c4)CCCC3)cc12.O=C=O. The zero-order valence-corrected chi connectivity index (χ0v) is 25.0. The third-order valence-electron chi connectivity index (χ3n) is 8.51. The van der Waals surface area contributed by atoms with Crippen LogP contribution in [0.25, 0.3) is 22.0 Å². The second-order valence-corrected chi connectivity index (χ2v) is 11.6. The number of fused-ring (bicyclic) bond motifs is 1. The molecule has 0 unspecified atom stereocenters. The third kappa shape index (κ3) is 6.50. The Morgan fingerprint density at radius 1 is 0.884 bits per heavy atom. The number of amides is 1. The van der Waals surface area contributed by atoms with Gasteiger partial charge >= 0.3 is 6.15 Å². The number of carbonyl (C=O) groups is 1. The Morgan fingerprint density at radius 3 is 2.23 bits per heavy atom. The summed E-state index contributed by atoms with van der Waals surface area (Å²) >= 11 is 0. The van der Waals surface area contributed by atoms with Gasteiger partial charge in [0, 0.05) is 10.9 Å². The number of nitrogens with one attached hydrogen (secondary N) is 1. The van der Waals surface area contributed by atoms with E-state index < -0.39 is 0 Å². The number of benzene rings is 4. The lowest BCUT2D eigenvalue weighted by atomic mass is 9.85. The molecule has 43 heavy (non-hydrogen) atoms. The maximum atomic E-state index is 13.7. The highest BCUT2D eigenvalue weighted by Gasteiger charge is 2.37. The molecule has 1 heterocycles. The normalized spacial score (nSPS) is 13.8. The van der Waals surface area contributed by atoms with E-state index in [1.54, 1.807) is 0 Å². The van der Waals surface area contributed by atoms with E-state index in [-0.39, 0.29) is 17.6 Å². The quantitative estimate of drug-likeness (QED) is 0.216. The summed E-state index contributed by atoms with van der Waals surface area (Å²) in [6.07, 6.45) is 4.46. The second kappa shape index (κ2) is 13.0. The average Bonchev–Trinajstić information content (AvgIpc) is 3.63. The van der Waals surface area contributed by atoms with E-state index in [4.69, 9.17) is 14.7 Å². The Hall–Kier alpha value is -4.80. The number of hydrogen-bond acceptors (Lipinski definition) is 4. The minimum Gasteiger partial charge on any atom is -0.343 e. The van der Waals surface area contributed by atoms with Gasteiger partial charge in [-0.1, -0.05) is 106 Å². The van der Waals surface area contributed by atoms with Crippen molar-refractivity contribution in [2.45, 2.75) is 64.5 Å². The van der Waals surface area contributed by atoms with Crippen molar-refractivity contribution in [3.63, 3.8) is 0 Å². The van der Waals surface area contributed by atoms with Crippen molar-refractivity contribution in [3.05, 3.63) is 125 Å². The van der Waals surface area contributed by atoms with Crippen LogP contribution in [0.1, 0.15) is 78.2 Å². The van der Waals surface area contributed by atoms with Crippen LogP contribution >= 0.6 is 0 Å². The van der Waals surface area contributed by atoms with E-state index in [2.05, 4.69) is 92.0 Å². The van der Waals surface area contributed by atoms with Gasteiger partial charge in [-0.2, -0.15) is 14.7 Å². The molecule has 1 N–H and O–H groups in total. The van der Waals surface area contributed by atoms with Crippen molar-refractivity contribution < 1.29 is 14.4 Å². The molecule has 0 spiro atoms. The Balaban J connectivity index is 0.00000118. The van der Waals surface area contributed by atoms with Crippen LogP contribution < -0.4 is 5.32 Å². The van der Waals surface area contributed by atoms with Gasteiger partial charge in [-0.3, -0.25) is 9.48 Å². The first-order valence-corrected chi connectivity index (χ1v) is 14.9. The van der Waals surface area contributed by atoms with Crippen LogP contribution in [0.5, 0.6) is 0 Å². The molecule has 1 aromatic heterocycles. The van der Waals surface area contributed by atoms with Crippen LogP contribution in [0, 0.1) is 6.92 Å². The molecule has 6 rings (SSSR count). The van der Waals surface area contributed by atoms with E-state index >= 15 is 0 Å². The fourth-order valence-electron chi connectivity index (χ4n) is 6.16. The number of rotatable bonds is 7. The number of nitrogens with zero attached hydrogens (tertiary/aromatic N) is 2. The van der Waals surface area contributed by atoms with Crippen LogP contribution in [0.4, 0.5) is 0 Å². The Bertz CT molecular complexity index is 1740. The predicted molar refractivity (Wildman–Crippen MR) is 169 cm³/mol. The average molecular weight is 572 g/mol. The van der Waals surface area contributed by atoms with Gasteiger partial charge in [-0.15, -0.1) is 0 Å². The van der Waals surface area contributed by atoms with Gasteiger partial charge in [0.25, 0.3) is 5.91 Å². The summed E-state index contributed by atoms with van der Waals surface area (Å²) in [5.41, 5.74) is 8.52. The smallest absolute Gasteiger partial charge is 0.343 e. The molecule has 0 aliphatic heterocycles. The molecule has 0 bridgehead atoms. The number of aryl methyl sites for hydroxylation is 1. The predicted octanol–water partition coefficient (Wildman–Crippen LogP) is 7.80. The molecule has 1 aliphatic rings. The van der Waals surface area contributed by atoms with Crippen molar-refractivity contribution in [1.29, 1.82) is 0 Å². The highest BCUT2D eigenvalue weighted by Crippen LogP contribution is 2.40. The molecule has 0 saturated heterocycles. The molecule has 0 atom stereocenters. The molecule has 5 aromatic rings. The number of hydrogen-bond donors (Lipinski definition) is 1. The van der Waals surface area contributed by atoms with Crippen LogP contribution in [0.3, 0.4) is 0 Å². The standard InChI is InChI=1S/C36H37N3O.CO2/c1-25(2)30-12-9-13-32(22-30)36(20-7-8-21-36)37-35(40)31-18-19-34-33(23-31)26(3)38-39(34)24-27-14-16-29(17-15-27)28-10-5-4-6-11-28;2-1-3/h4-6,9-19,22-23,25H,7-8,20-21,24H2,1-3H3,(H,37,40);. The van der Waals surface area contributed by atoms with E-state index in [0.29, 0.717) is 18.0 Å². The van der Waals surface area contributed by atoms with Gasteiger partial charge in [0.05, 0.1) is 23.3 Å². The molecular weight excluding hydrogens is 534 g/mol. The summed E-state index contributed by atoms with van der Waals surface area (Å²) in [5, 5.41) is 9.34. The summed E-state index contributed by atoms with van der Waals surface area (Å²) in [6, 6.07) is 33.9. The zero-order chi connectivity index (χ0) is 30.4. The first-order chi connectivity index (χ1) is 20.8. The molecule has 4 aromatic carbocycles. The molecule has 6 nitrogen and oxygen atoms in total. The fraction of sp³-hybridized carbons (Fsp3) is 0.270. The molecule has 218 valence electrons. The Kier molecular flexibility index (Phi) is 8.98. The third-order valence-corrected chi connectivity index (χ3v) is 8.51. The molecule has 1 amide bonds. The highest BCUT2D eigenvalue weighted by molar-refractivity contribution is 5.99. The maximum absolute atomic E-state index is 13.7. The van der Waals surface area contributed by atoms with Gasteiger partial charge < -0.3 is 5.32 Å². The summed E-state index contributed by atoms with van der Waals surface area (Å²) in [5.74, 6) is 0.445. The summed E-state index contributed by atoms with van der Waals surface area (Å²) in [4.78, 5) is 29.9. The monoisotopic (exact) mass is 571 g/mol. The van der Waals surface area contributed by atoms with E-state index in [1.807, 2.05) is 35.9 Å². The van der Waals surface area contributed by atoms with Gasteiger partial charge in [0.2, 0.25) is 0 Å². The van der Waals surface area contributed by atoms with E-state index in [9.17, 15) is 4.79 Å². The van der Waals surface area contributed by atoms with Crippen molar-refractivity contribution in [3.8, 4) is 11.1 Å². The van der Waals surface area contributed by atoms with E-state index in [0.717, 1.165) is 42.3 Å². The fourth-order valence-corrected chi connectivity index (χ4v) is 6.16. The largest absolute Gasteiger partial charge is 0.373 e. The lowest BCUT2D eigenvalue weighted by Crippen LogP contribution is -2.43. The molecule has 1 fully saturated rings. The van der Waals surface area contributed by atoms with Crippen molar-refractivity contribution >= 4 is 23.0 Å². The summed E-state index contributed by atoms with van der Waals surface area (Å²) in [6.45, 7) is 7.14. The maximum Gasteiger partial charge on any atom is 0.373 e. The van der Waals surface area contributed by atoms with Crippen molar-refractivity contribution in [2.24, 2.45) is 0 Å². The van der Waals surface area contributed by atoms with Crippen LogP contribution in [-0.4, -0.2) is 21.8 Å². The molecule has 1 aliphatic carbocycles. The summed E-state index contributed by atoms with van der Waals surface area (Å²) < 4.78 is 2.04. The molecular formula is C37H37N3O3. The van der Waals surface area contributed by atoms with E-state index in [1.165, 1.54) is 27.8 Å². The summed E-state index contributed by atoms with van der Waals surface area (Å²) in [7, 11) is 0. The number of aromatic nitrogens is 2. The van der Waals surface area contributed by atoms with Crippen LogP contribution in [0.15, 0.2) is 97.1 Å². The van der Waals surface area contributed by atoms with Gasteiger partial charge in [0.1, 0.15) is 0 Å². The minimum absolute atomic E-state index is 0.0117. The zero-order valence-electron chi connectivity index (χ0n) is 25.0. The highest BCUT2D eigenvalue weighted by atomic mass is 16.2. The first kappa shape index (κ1) is 29.7. The molecule has 1 saturated carbocycles. The van der Waals surface area contributed by atoms with Crippen molar-refractivity contribution in [2.75, 3.05) is 0 Å². The number of carbonyl (C=O) groups excluding carboxylic acids is 3. The van der Waals surface area contributed by atoms with Gasteiger partial charge in [0.15, 0.2) is 0 Å². The Morgan fingerprint density at radius 2 is 1.56 bits per heavy atom. The lowest BCUT2D eigenvalue weighted by molar-refractivity contribution is -0.191. The van der Waals surface area contributed by atoms with Gasteiger partial charge in [-0.25, -0.2) is 0 Å². The second-order valence-electron chi connectivity index (χ2n) is 11.6. The van der Waals surface area contributed by atoms with Crippen LogP contribution in [-0.2, 0) is 21.7 Å². The van der Waals surface area contributed by atoms with Crippen LogP contribution in [0.2, 0.25) is 0 Å². The van der Waals surface area contributed by atoms with Crippen molar-refractivity contribution in [1.82, 2.24) is 15.1 Å². The topological polar surface area (TPSA) is 81.1 Å². The first-order valence-electron chi connectivity index (χ1n) is 14.9. The molecule has 0 radical (unpaired) electrons. The van der Waals surface area contributed by atoms with Gasteiger partial charge in [-0.05, 0) is 71.7 Å². The molecule has 6 heteroatoms. The lowest BCUT2D eigenvalue weighted by Gasteiger charge is -2.32. The Labute approximate surface area is 252 Å². The minimum atomic E-state index is -0.303.